The second-order valence-corrected chi connectivity index (χ2v) is 2.44. The number of nitrogens with two attached hydrogens (primary N) is 1. The van der Waals surface area contributed by atoms with E-state index in [-0.39, 0.29) is 24.6 Å². The Morgan fingerprint density at radius 1 is 1.57 bits per heavy atom. The number of likely N-dealkylation sites (N-methyl/N-ethyl adjacent to an activating group) is 1. The van der Waals surface area contributed by atoms with Crippen molar-refractivity contribution in [3.63, 3.8) is 0 Å². The third kappa shape index (κ3) is 10.4. The summed E-state index contributed by atoms with van der Waals surface area (Å²) in [6.45, 7) is 5.68. The van der Waals surface area contributed by atoms with Gasteiger partial charge in [-0.1, -0.05) is 13.8 Å². The summed E-state index contributed by atoms with van der Waals surface area (Å²) in [6.07, 6.45) is 0.0856. The Labute approximate surface area is 85.2 Å². The fourth-order valence-electron chi connectivity index (χ4n) is 0.693. The lowest BCUT2D eigenvalue weighted by Crippen LogP contribution is -2.23. The van der Waals surface area contributed by atoms with Gasteiger partial charge in [-0.3, -0.25) is 9.80 Å². The minimum Gasteiger partial charge on any atom is -0.385 e. The molecule has 14 heavy (non-hydrogen) atoms. The maximum absolute atomic E-state index is 10.6. The highest BCUT2D eigenvalue weighted by Crippen LogP contribution is 1.86. The van der Waals surface area contributed by atoms with Crippen LogP contribution in [-0.2, 0) is 4.79 Å². The highest BCUT2D eigenvalue weighted by molar-refractivity contribution is 5.82. The van der Waals surface area contributed by atoms with E-state index in [9.17, 15) is 4.79 Å². The van der Waals surface area contributed by atoms with E-state index >= 15 is 0 Å². The molecule has 0 saturated heterocycles. The van der Waals surface area contributed by atoms with Gasteiger partial charge in [-0.25, -0.2) is 0 Å². The number of hydrazone groups is 1. The van der Waals surface area contributed by atoms with Gasteiger partial charge in [0.1, 0.15) is 5.84 Å². The summed E-state index contributed by atoms with van der Waals surface area (Å²) in [5.74, 6) is 0.229. The van der Waals surface area contributed by atoms with E-state index in [1.165, 1.54) is 11.9 Å². The topological polar surface area (TPSA) is 82.5 Å². The molecule has 0 fully saturated rings. The SMILES string of the molecule is CC.CC(=O)CN(C)/N=C(/N)CC#N. The van der Waals surface area contributed by atoms with Crippen LogP contribution in [0.15, 0.2) is 5.10 Å². The molecule has 2 N–H and O–H groups in total. The molecule has 0 rings (SSSR count). The second-order valence-electron chi connectivity index (χ2n) is 2.44. The first-order valence-electron chi connectivity index (χ1n) is 4.46. The minimum atomic E-state index is 0.00556. The first-order valence-corrected chi connectivity index (χ1v) is 4.46. The van der Waals surface area contributed by atoms with E-state index in [2.05, 4.69) is 5.10 Å². The molecule has 80 valence electrons. The van der Waals surface area contributed by atoms with Crippen molar-refractivity contribution in [3.05, 3.63) is 0 Å². The summed E-state index contributed by atoms with van der Waals surface area (Å²) in [5, 5.41) is 13.4. The molecule has 0 atom stereocenters. The third-order valence-electron chi connectivity index (χ3n) is 1.01. The summed E-state index contributed by atoms with van der Waals surface area (Å²) in [6, 6.07) is 1.86. The number of nitriles is 1. The highest BCUT2D eigenvalue weighted by Gasteiger charge is 1.98. The van der Waals surface area contributed by atoms with Crippen molar-refractivity contribution in [3.8, 4) is 6.07 Å². The zero-order valence-electron chi connectivity index (χ0n) is 9.24. The molecule has 0 aromatic rings. The molecule has 0 aromatic carbocycles. The Hall–Kier alpha value is -1.57. The van der Waals surface area contributed by atoms with Crippen molar-refractivity contribution in [1.82, 2.24) is 5.01 Å². The van der Waals surface area contributed by atoms with Gasteiger partial charge < -0.3 is 5.73 Å². The lowest BCUT2D eigenvalue weighted by atomic mass is 10.4. The van der Waals surface area contributed by atoms with Crippen LogP contribution in [0.4, 0.5) is 0 Å². The largest absolute Gasteiger partial charge is 0.385 e. The average molecular weight is 198 g/mol. The lowest BCUT2D eigenvalue weighted by Gasteiger charge is -2.10. The molecule has 0 aliphatic carbocycles. The van der Waals surface area contributed by atoms with Gasteiger partial charge in [0, 0.05) is 7.05 Å². The van der Waals surface area contributed by atoms with Crippen LogP contribution in [0.1, 0.15) is 27.2 Å². The Bertz CT molecular complexity index is 229. The number of nitrogens with zero attached hydrogens (tertiary/aromatic N) is 3. The van der Waals surface area contributed by atoms with Crippen LogP contribution in [0.2, 0.25) is 0 Å². The molecule has 0 aromatic heterocycles. The molecule has 5 nitrogen and oxygen atoms in total. The Morgan fingerprint density at radius 3 is 2.43 bits per heavy atom. The maximum Gasteiger partial charge on any atom is 0.150 e. The molecule has 0 heterocycles. The molecular formula is C9H18N4O. The fraction of sp³-hybridized carbons (Fsp3) is 0.667. The van der Waals surface area contributed by atoms with E-state index in [4.69, 9.17) is 11.0 Å². The van der Waals surface area contributed by atoms with Crippen LogP contribution in [0.5, 0.6) is 0 Å². The van der Waals surface area contributed by atoms with Gasteiger partial charge in [-0.15, -0.1) is 0 Å². The van der Waals surface area contributed by atoms with Crippen molar-refractivity contribution < 1.29 is 4.79 Å². The van der Waals surface area contributed by atoms with Crippen molar-refractivity contribution >= 4 is 11.6 Å². The van der Waals surface area contributed by atoms with Gasteiger partial charge in [-0.2, -0.15) is 10.4 Å². The fourth-order valence-corrected chi connectivity index (χ4v) is 0.693. The van der Waals surface area contributed by atoms with E-state index in [1.807, 2.05) is 19.9 Å². The Balaban J connectivity index is 0. The van der Waals surface area contributed by atoms with Crippen molar-refractivity contribution in [2.24, 2.45) is 10.8 Å². The molecule has 0 bridgehead atoms. The maximum atomic E-state index is 10.6. The molecule has 0 saturated carbocycles. The number of carbonyl (C=O) groups is 1. The number of carbonyl (C=O) groups excluding carboxylic acids is 1. The zero-order valence-corrected chi connectivity index (χ0v) is 9.24. The van der Waals surface area contributed by atoms with Crippen LogP contribution < -0.4 is 5.73 Å². The normalized spacial score (nSPS) is 9.50. The predicted octanol–water partition coefficient (Wildman–Crippen LogP) is 0.719. The number of Topliss-reactive ketones (excluding diaryl/α,β-unsaturated/α-hetero) is 1. The summed E-state index contributed by atoms with van der Waals surface area (Å²) >= 11 is 0. The average Bonchev–Trinajstić information content (AvgIpc) is 2.06. The smallest absolute Gasteiger partial charge is 0.150 e. The van der Waals surface area contributed by atoms with Gasteiger partial charge in [-0.05, 0) is 6.92 Å². The number of rotatable bonds is 4. The zero-order chi connectivity index (χ0) is 11.6. The lowest BCUT2D eigenvalue weighted by molar-refractivity contribution is -0.117. The first-order chi connectivity index (χ1) is 6.56. The van der Waals surface area contributed by atoms with Gasteiger partial charge >= 0.3 is 0 Å². The molecule has 0 spiro atoms. The number of ketones is 1. The van der Waals surface area contributed by atoms with Crippen molar-refractivity contribution in [1.29, 1.82) is 5.26 Å². The van der Waals surface area contributed by atoms with E-state index < -0.39 is 0 Å². The molecule has 0 aliphatic heterocycles. The van der Waals surface area contributed by atoms with E-state index in [0.29, 0.717) is 0 Å². The summed E-state index contributed by atoms with van der Waals surface area (Å²) in [4.78, 5) is 10.6. The summed E-state index contributed by atoms with van der Waals surface area (Å²) in [7, 11) is 1.63. The predicted molar refractivity (Wildman–Crippen MR) is 56.5 cm³/mol. The quantitative estimate of drug-likeness (QED) is 0.410. The van der Waals surface area contributed by atoms with Gasteiger partial charge in [0.2, 0.25) is 0 Å². The summed E-state index contributed by atoms with van der Waals surface area (Å²) in [5.41, 5.74) is 5.34. The monoisotopic (exact) mass is 198 g/mol. The van der Waals surface area contributed by atoms with Gasteiger partial charge in [0.25, 0.3) is 0 Å². The standard InChI is InChI=1S/C7H12N4O.C2H6/c1-6(12)5-11(2)10-7(9)3-4-8;1-2/h3,5H2,1-2H3,(H2,9,10);1-2H3. The molecular weight excluding hydrogens is 180 g/mol. The number of amidine groups is 1. The molecule has 5 heteroatoms. The molecule has 0 amide bonds. The minimum absolute atomic E-state index is 0.00556. The van der Waals surface area contributed by atoms with Crippen LogP contribution in [0.25, 0.3) is 0 Å². The first kappa shape index (κ1) is 14.9. The highest BCUT2D eigenvalue weighted by atomic mass is 16.1. The van der Waals surface area contributed by atoms with Crippen LogP contribution in [0, 0.1) is 11.3 Å². The van der Waals surface area contributed by atoms with Gasteiger partial charge in [0.05, 0.1) is 19.0 Å². The third-order valence-corrected chi connectivity index (χ3v) is 1.01. The Morgan fingerprint density at radius 2 is 2.07 bits per heavy atom. The van der Waals surface area contributed by atoms with E-state index in [1.54, 1.807) is 7.05 Å². The van der Waals surface area contributed by atoms with Crippen LogP contribution >= 0.6 is 0 Å². The summed E-state index contributed by atoms with van der Waals surface area (Å²) < 4.78 is 0. The van der Waals surface area contributed by atoms with Crippen LogP contribution in [0.3, 0.4) is 0 Å². The van der Waals surface area contributed by atoms with Crippen molar-refractivity contribution in [2.45, 2.75) is 27.2 Å². The van der Waals surface area contributed by atoms with Gasteiger partial charge in [0.15, 0.2) is 5.78 Å². The van der Waals surface area contributed by atoms with Crippen LogP contribution in [-0.4, -0.2) is 30.2 Å². The molecule has 0 radical (unpaired) electrons. The molecule has 0 unspecified atom stereocenters. The van der Waals surface area contributed by atoms with Crippen molar-refractivity contribution in [2.75, 3.05) is 13.6 Å². The number of hydrogen-bond donors (Lipinski definition) is 1. The van der Waals surface area contributed by atoms with E-state index in [0.717, 1.165) is 0 Å². The number of hydrogen-bond acceptors (Lipinski definition) is 4. The Kier molecular flexibility index (Phi) is 10.1. The second kappa shape index (κ2) is 9.52. The molecule has 0 aliphatic rings.